The van der Waals surface area contributed by atoms with Gasteiger partial charge in [-0.1, -0.05) is 70.5 Å². The monoisotopic (exact) mass is 274 g/mol. The van der Waals surface area contributed by atoms with Gasteiger partial charge in [0.25, 0.3) is 0 Å². The number of hydrogen-bond donors (Lipinski definition) is 0. The first-order valence-corrected chi connectivity index (χ1v) is 6.42. The van der Waals surface area contributed by atoms with Crippen LogP contribution < -0.4 is 0 Å². The van der Waals surface area contributed by atoms with Crippen LogP contribution in [-0.2, 0) is 6.42 Å². The Bertz CT molecular complexity index is 448. The van der Waals surface area contributed by atoms with Crippen molar-refractivity contribution in [3.63, 3.8) is 0 Å². The lowest BCUT2D eigenvalue weighted by molar-refractivity contribution is 0.938. The van der Waals surface area contributed by atoms with Crippen LogP contribution in [-0.4, -0.2) is 0 Å². The van der Waals surface area contributed by atoms with Crippen molar-refractivity contribution in [2.24, 2.45) is 0 Å². The predicted octanol–water partition coefficient (Wildman–Crippen LogP) is 4.67. The van der Waals surface area contributed by atoms with Crippen LogP contribution in [0.3, 0.4) is 0 Å². The highest BCUT2D eigenvalue weighted by atomic mass is 79.9. The Morgan fingerprint density at radius 2 is 1.56 bits per heavy atom. The molecule has 0 fully saturated rings. The molecule has 0 spiro atoms. The number of hydrogen-bond acceptors (Lipinski definition) is 0. The number of rotatable bonds is 3. The molecule has 0 bridgehead atoms. The van der Waals surface area contributed by atoms with Crippen LogP contribution in [0.2, 0.25) is 0 Å². The molecule has 82 valence electrons. The summed E-state index contributed by atoms with van der Waals surface area (Å²) in [4.78, 5) is 0.399. The summed E-state index contributed by atoms with van der Waals surface area (Å²) in [6, 6.07) is 19.1. The Morgan fingerprint density at radius 1 is 0.938 bits per heavy atom. The maximum Gasteiger partial charge on any atom is 0.0438 e. The van der Waals surface area contributed by atoms with E-state index in [1.54, 1.807) is 0 Å². The molecule has 1 heteroatoms. The fraction of sp³-hybridized carbons (Fsp3) is 0.200. The Hall–Kier alpha value is -1.08. The smallest absolute Gasteiger partial charge is 0.0438 e. The van der Waals surface area contributed by atoms with Crippen LogP contribution in [0.5, 0.6) is 0 Å². The van der Waals surface area contributed by atoms with Gasteiger partial charge in [-0.05, 0) is 30.0 Å². The molecule has 0 aromatic heterocycles. The summed E-state index contributed by atoms with van der Waals surface area (Å²) >= 11 is 3.77. The van der Waals surface area contributed by atoms with E-state index in [2.05, 4.69) is 77.5 Å². The molecular weight excluding hydrogens is 260 g/mol. The van der Waals surface area contributed by atoms with Crippen molar-refractivity contribution in [2.45, 2.75) is 18.2 Å². The molecular formula is C15H15Br. The molecule has 1 atom stereocenters. The molecule has 0 aliphatic carbocycles. The number of alkyl halides is 1. The normalized spacial score (nSPS) is 12.4. The van der Waals surface area contributed by atoms with Crippen molar-refractivity contribution < 1.29 is 0 Å². The Morgan fingerprint density at radius 3 is 2.25 bits per heavy atom. The molecule has 16 heavy (non-hydrogen) atoms. The second kappa shape index (κ2) is 5.31. The van der Waals surface area contributed by atoms with Crippen LogP contribution >= 0.6 is 15.9 Å². The minimum absolute atomic E-state index is 0.399. The molecule has 2 rings (SSSR count). The largest absolute Gasteiger partial charge is 0.0835 e. The van der Waals surface area contributed by atoms with E-state index in [4.69, 9.17) is 0 Å². The van der Waals surface area contributed by atoms with E-state index in [0.29, 0.717) is 4.83 Å². The van der Waals surface area contributed by atoms with Gasteiger partial charge in [0, 0.05) is 4.83 Å². The maximum atomic E-state index is 3.77. The van der Waals surface area contributed by atoms with Crippen molar-refractivity contribution in [3.8, 4) is 0 Å². The van der Waals surface area contributed by atoms with Gasteiger partial charge >= 0.3 is 0 Å². The lowest BCUT2D eigenvalue weighted by Crippen LogP contribution is -1.97. The fourth-order valence-electron chi connectivity index (χ4n) is 1.87. The van der Waals surface area contributed by atoms with Crippen molar-refractivity contribution in [3.05, 3.63) is 71.3 Å². The van der Waals surface area contributed by atoms with E-state index in [1.165, 1.54) is 16.7 Å². The molecule has 0 aliphatic rings. The molecule has 0 aliphatic heterocycles. The molecule has 2 aromatic carbocycles. The number of aryl methyl sites for hydroxylation is 1. The van der Waals surface area contributed by atoms with Crippen LogP contribution in [0, 0.1) is 6.92 Å². The second-order valence-electron chi connectivity index (χ2n) is 4.01. The minimum Gasteiger partial charge on any atom is -0.0835 e. The van der Waals surface area contributed by atoms with Gasteiger partial charge < -0.3 is 0 Å². The Balaban J connectivity index is 2.15. The Labute approximate surface area is 105 Å². The van der Waals surface area contributed by atoms with E-state index in [1.807, 2.05) is 0 Å². The van der Waals surface area contributed by atoms with E-state index in [9.17, 15) is 0 Å². The summed E-state index contributed by atoms with van der Waals surface area (Å²) < 4.78 is 0. The first-order chi connectivity index (χ1) is 7.77. The molecule has 0 saturated carbocycles. The van der Waals surface area contributed by atoms with E-state index in [-0.39, 0.29) is 0 Å². The summed E-state index contributed by atoms with van der Waals surface area (Å²) in [7, 11) is 0. The van der Waals surface area contributed by atoms with Gasteiger partial charge in [-0.15, -0.1) is 0 Å². The SMILES string of the molecule is Cc1ccccc1C(Br)Cc1ccccc1. The van der Waals surface area contributed by atoms with Gasteiger partial charge in [-0.2, -0.15) is 0 Å². The van der Waals surface area contributed by atoms with E-state index in [0.717, 1.165) is 6.42 Å². The van der Waals surface area contributed by atoms with Crippen molar-refractivity contribution in [1.82, 2.24) is 0 Å². The highest BCUT2D eigenvalue weighted by Gasteiger charge is 2.09. The summed E-state index contributed by atoms with van der Waals surface area (Å²) in [5, 5.41) is 0. The highest BCUT2D eigenvalue weighted by Crippen LogP contribution is 2.29. The van der Waals surface area contributed by atoms with Crippen molar-refractivity contribution >= 4 is 15.9 Å². The fourth-order valence-corrected chi connectivity index (χ4v) is 2.76. The zero-order chi connectivity index (χ0) is 11.4. The van der Waals surface area contributed by atoms with Crippen LogP contribution in [0.4, 0.5) is 0 Å². The first-order valence-electron chi connectivity index (χ1n) is 5.51. The van der Waals surface area contributed by atoms with E-state index < -0.39 is 0 Å². The number of halogens is 1. The molecule has 0 radical (unpaired) electrons. The summed E-state index contributed by atoms with van der Waals surface area (Å²) in [5.41, 5.74) is 4.10. The minimum atomic E-state index is 0.399. The zero-order valence-electron chi connectivity index (χ0n) is 9.36. The average molecular weight is 275 g/mol. The molecule has 1 unspecified atom stereocenters. The molecule has 2 aromatic rings. The number of benzene rings is 2. The van der Waals surface area contributed by atoms with Gasteiger partial charge in [0.15, 0.2) is 0 Å². The topological polar surface area (TPSA) is 0 Å². The second-order valence-corrected chi connectivity index (χ2v) is 5.12. The average Bonchev–Trinajstić information content (AvgIpc) is 2.31. The first kappa shape index (κ1) is 11.4. The summed E-state index contributed by atoms with van der Waals surface area (Å²) in [6.07, 6.45) is 1.03. The van der Waals surface area contributed by atoms with Crippen molar-refractivity contribution in [1.29, 1.82) is 0 Å². The van der Waals surface area contributed by atoms with Gasteiger partial charge in [0.2, 0.25) is 0 Å². The third-order valence-corrected chi connectivity index (χ3v) is 3.60. The molecule has 0 N–H and O–H groups in total. The molecule has 0 nitrogen and oxygen atoms in total. The summed E-state index contributed by atoms with van der Waals surface area (Å²) in [5.74, 6) is 0. The maximum absolute atomic E-state index is 3.77. The predicted molar refractivity (Wildman–Crippen MR) is 73.0 cm³/mol. The van der Waals surface area contributed by atoms with Gasteiger partial charge in [-0.3, -0.25) is 0 Å². The zero-order valence-corrected chi connectivity index (χ0v) is 10.9. The molecule has 0 heterocycles. The molecule has 0 amide bonds. The highest BCUT2D eigenvalue weighted by molar-refractivity contribution is 9.09. The van der Waals surface area contributed by atoms with Crippen LogP contribution in [0.25, 0.3) is 0 Å². The lowest BCUT2D eigenvalue weighted by Gasteiger charge is -2.12. The summed E-state index contributed by atoms with van der Waals surface area (Å²) in [6.45, 7) is 2.16. The quantitative estimate of drug-likeness (QED) is 0.714. The molecule has 0 saturated heterocycles. The van der Waals surface area contributed by atoms with Crippen molar-refractivity contribution in [2.75, 3.05) is 0 Å². The van der Waals surface area contributed by atoms with Gasteiger partial charge in [-0.25, -0.2) is 0 Å². The van der Waals surface area contributed by atoms with E-state index >= 15 is 0 Å². The third-order valence-electron chi connectivity index (χ3n) is 2.78. The third kappa shape index (κ3) is 2.73. The van der Waals surface area contributed by atoms with Crippen LogP contribution in [0.15, 0.2) is 54.6 Å². The van der Waals surface area contributed by atoms with Crippen LogP contribution in [0.1, 0.15) is 21.5 Å². The lowest BCUT2D eigenvalue weighted by atomic mass is 10.0. The van der Waals surface area contributed by atoms with Gasteiger partial charge in [0.05, 0.1) is 0 Å². The Kier molecular flexibility index (Phi) is 3.79. The van der Waals surface area contributed by atoms with Gasteiger partial charge in [0.1, 0.15) is 0 Å². The standard InChI is InChI=1S/C15H15Br/c1-12-7-5-6-10-14(12)15(16)11-13-8-3-2-4-9-13/h2-10,15H,11H2,1H3.